The van der Waals surface area contributed by atoms with E-state index in [1.807, 2.05) is 13.1 Å². The van der Waals surface area contributed by atoms with Crippen LogP contribution < -0.4 is 10.6 Å². The Labute approximate surface area is 85.2 Å². The molecule has 1 rings (SSSR count). The van der Waals surface area contributed by atoms with Crippen LogP contribution in [0.2, 0.25) is 0 Å². The van der Waals surface area contributed by atoms with E-state index in [0.717, 1.165) is 18.8 Å². The minimum absolute atomic E-state index is 0.332. The maximum Gasteiger partial charge on any atom is 0.221 e. The summed E-state index contributed by atoms with van der Waals surface area (Å²) < 4.78 is 0. The number of nitrogens with two attached hydrogens (primary N) is 1. The van der Waals surface area contributed by atoms with Gasteiger partial charge < -0.3 is 10.6 Å². The molecule has 2 N–H and O–H groups in total. The fraction of sp³-hybridized carbons (Fsp3) is 0.600. The number of hydrogen-bond donors (Lipinski definition) is 1. The van der Waals surface area contributed by atoms with Gasteiger partial charge in [0.2, 0.25) is 5.95 Å². The zero-order chi connectivity index (χ0) is 10.6. The quantitative estimate of drug-likeness (QED) is 0.790. The predicted octanol–water partition coefficient (Wildman–Crippen LogP) is 1.54. The van der Waals surface area contributed by atoms with Crippen LogP contribution in [0.15, 0.2) is 12.3 Å². The van der Waals surface area contributed by atoms with Gasteiger partial charge in [0.1, 0.15) is 5.82 Å². The topological polar surface area (TPSA) is 55.0 Å². The third kappa shape index (κ3) is 3.20. The molecule has 0 spiro atoms. The Hall–Kier alpha value is -1.32. The van der Waals surface area contributed by atoms with Crippen LogP contribution in [0.4, 0.5) is 11.8 Å². The number of anilines is 2. The van der Waals surface area contributed by atoms with Crippen LogP contribution in [0.25, 0.3) is 0 Å². The molecule has 0 atom stereocenters. The number of rotatable bonds is 4. The van der Waals surface area contributed by atoms with Gasteiger partial charge in [0.25, 0.3) is 0 Å². The number of aromatic nitrogens is 2. The van der Waals surface area contributed by atoms with Gasteiger partial charge >= 0.3 is 0 Å². The van der Waals surface area contributed by atoms with Gasteiger partial charge in [-0.2, -0.15) is 4.98 Å². The van der Waals surface area contributed by atoms with E-state index in [9.17, 15) is 0 Å². The number of nitrogen functional groups attached to an aromatic ring is 1. The maximum absolute atomic E-state index is 5.50. The molecule has 0 amide bonds. The van der Waals surface area contributed by atoms with Crippen molar-refractivity contribution in [2.45, 2.75) is 20.3 Å². The second-order valence-corrected chi connectivity index (χ2v) is 3.88. The van der Waals surface area contributed by atoms with Crippen molar-refractivity contribution in [3.05, 3.63) is 12.3 Å². The molecule has 0 radical (unpaired) electrons. The first-order valence-corrected chi connectivity index (χ1v) is 4.89. The van der Waals surface area contributed by atoms with Crippen LogP contribution in [0.1, 0.15) is 20.3 Å². The first kappa shape index (κ1) is 10.8. The summed E-state index contributed by atoms with van der Waals surface area (Å²) in [5.74, 6) is 1.92. The van der Waals surface area contributed by atoms with E-state index in [0.29, 0.717) is 11.9 Å². The summed E-state index contributed by atoms with van der Waals surface area (Å²) in [7, 11) is 2.02. The smallest absolute Gasteiger partial charge is 0.221 e. The van der Waals surface area contributed by atoms with Crippen LogP contribution in [-0.4, -0.2) is 23.6 Å². The minimum atomic E-state index is 0.332. The predicted molar refractivity (Wildman–Crippen MR) is 59.2 cm³/mol. The summed E-state index contributed by atoms with van der Waals surface area (Å²) in [5.41, 5.74) is 5.50. The van der Waals surface area contributed by atoms with Crippen LogP contribution in [0.3, 0.4) is 0 Å². The van der Waals surface area contributed by atoms with Gasteiger partial charge in [-0.3, -0.25) is 0 Å². The third-order valence-electron chi connectivity index (χ3n) is 2.09. The molecule has 0 saturated heterocycles. The summed E-state index contributed by atoms with van der Waals surface area (Å²) in [6.07, 6.45) is 2.84. The van der Waals surface area contributed by atoms with Crippen molar-refractivity contribution in [3.8, 4) is 0 Å². The molecule has 0 unspecified atom stereocenters. The molecule has 1 heterocycles. The van der Waals surface area contributed by atoms with Gasteiger partial charge in [-0.05, 0) is 18.4 Å². The second-order valence-electron chi connectivity index (χ2n) is 3.88. The van der Waals surface area contributed by atoms with Crippen molar-refractivity contribution in [2.24, 2.45) is 5.92 Å². The molecule has 0 fully saturated rings. The van der Waals surface area contributed by atoms with E-state index in [1.165, 1.54) is 0 Å². The molecule has 4 heteroatoms. The lowest BCUT2D eigenvalue weighted by atomic mass is 10.1. The largest absolute Gasteiger partial charge is 0.368 e. The Balaban J connectivity index is 2.56. The van der Waals surface area contributed by atoms with Crippen molar-refractivity contribution in [3.63, 3.8) is 0 Å². The molecule has 1 aromatic heterocycles. The molecule has 0 aliphatic rings. The normalized spacial score (nSPS) is 10.6. The highest BCUT2D eigenvalue weighted by Crippen LogP contribution is 2.10. The summed E-state index contributed by atoms with van der Waals surface area (Å²) in [6, 6.07) is 1.87. The lowest BCUT2D eigenvalue weighted by Crippen LogP contribution is -2.21. The van der Waals surface area contributed by atoms with E-state index in [-0.39, 0.29) is 0 Å². The van der Waals surface area contributed by atoms with Crippen LogP contribution >= 0.6 is 0 Å². The van der Waals surface area contributed by atoms with Crippen LogP contribution in [0, 0.1) is 5.92 Å². The van der Waals surface area contributed by atoms with E-state index in [4.69, 9.17) is 5.73 Å². The zero-order valence-electron chi connectivity index (χ0n) is 9.07. The SMILES string of the molecule is CC(C)CCN(C)c1ccnc(N)n1. The van der Waals surface area contributed by atoms with Crippen molar-refractivity contribution < 1.29 is 0 Å². The molecule has 1 aromatic rings. The first-order valence-electron chi connectivity index (χ1n) is 4.89. The number of nitrogens with zero attached hydrogens (tertiary/aromatic N) is 3. The van der Waals surface area contributed by atoms with Crippen LogP contribution in [-0.2, 0) is 0 Å². The van der Waals surface area contributed by atoms with Crippen molar-refractivity contribution in [1.29, 1.82) is 0 Å². The Kier molecular flexibility index (Phi) is 3.68. The molecular formula is C10H18N4. The van der Waals surface area contributed by atoms with E-state index < -0.39 is 0 Å². The molecular weight excluding hydrogens is 176 g/mol. The minimum Gasteiger partial charge on any atom is -0.368 e. The maximum atomic E-state index is 5.50. The lowest BCUT2D eigenvalue weighted by Gasteiger charge is -2.18. The monoisotopic (exact) mass is 194 g/mol. The lowest BCUT2D eigenvalue weighted by molar-refractivity contribution is 0.583. The molecule has 0 aliphatic heterocycles. The van der Waals surface area contributed by atoms with Gasteiger partial charge in [0, 0.05) is 19.8 Å². The average molecular weight is 194 g/mol. The Morgan fingerprint density at radius 2 is 2.21 bits per heavy atom. The molecule has 0 saturated carbocycles. The Bertz CT molecular complexity index is 285. The standard InChI is InChI=1S/C10H18N4/c1-8(2)5-7-14(3)9-4-6-12-10(11)13-9/h4,6,8H,5,7H2,1-3H3,(H2,11,12,13). The van der Waals surface area contributed by atoms with Gasteiger partial charge in [-0.1, -0.05) is 13.8 Å². The molecule has 0 bridgehead atoms. The van der Waals surface area contributed by atoms with Gasteiger partial charge in [-0.15, -0.1) is 0 Å². The highest BCUT2D eigenvalue weighted by Gasteiger charge is 2.03. The fourth-order valence-electron chi connectivity index (χ4n) is 1.14. The molecule has 78 valence electrons. The van der Waals surface area contributed by atoms with E-state index in [2.05, 4.69) is 28.7 Å². The Morgan fingerprint density at radius 3 is 2.79 bits per heavy atom. The molecule has 0 aromatic carbocycles. The fourth-order valence-corrected chi connectivity index (χ4v) is 1.14. The summed E-state index contributed by atoms with van der Waals surface area (Å²) in [4.78, 5) is 10.1. The highest BCUT2D eigenvalue weighted by molar-refractivity contribution is 5.39. The van der Waals surface area contributed by atoms with Gasteiger partial charge in [-0.25, -0.2) is 4.98 Å². The zero-order valence-corrected chi connectivity index (χ0v) is 9.07. The van der Waals surface area contributed by atoms with Crippen molar-refractivity contribution in [2.75, 3.05) is 24.2 Å². The second kappa shape index (κ2) is 4.79. The Morgan fingerprint density at radius 1 is 1.50 bits per heavy atom. The van der Waals surface area contributed by atoms with E-state index in [1.54, 1.807) is 6.20 Å². The summed E-state index contributed by atoms with van der Waals surface area (Å²) in [5, 5.41) is 0. The summed E-state index contributed by atoms with van der Waals surface area (Å²) in [6.45, 7) is 5.42. The third-order valence-corrected chi connectivity index (χ3v) is 2.09. The average Bonchev–Trinajstić information content (AvgIpc) is 2.14. The summed E-state index contributed by atoms with van der Waals surface area (Å²) >= 11 is 0. The number of hydrogen-bond acceptors (Lipinski definition) is 4. The molecule has 0 aliphatic carbocycles. The first-order chi connectivity index (χ1) is 6.59. The molecule has 14 heavy (non-hydrogen) atoms. The van der Waals surface area contributed by atoms with Crippen molar-refractivity contribution in [1.82, 2.24) is 9.97 Å². The van der Waals surface area contributed by atoms with Crippen molar-refractivity contribution >= 4 is 11.8 Å². The van der Waals surface area contributed by atoms with Gasteiger partial charge in [0.05, 0.1) is 0 Å². The van der Waals surface area contributed by atoms with Gasteiger partial charge in [0.15, 0.2) is 0 Å². The molecule has 4 nitrogen and oxygen atoms in total. The van der Waals surface area contributed by atoms with E-state index >= 15 is 0 Å². The van der Waals surface area contributed by atoms with Crippen LogP contribution in [0.5, 0.6) is 0 Å². The highest BCUT2D eigenvalue weighted by atomic mass is 15.2.